The summed E-state index contributed by atoms with van der Waals surface area (Å²) in [5, 5.41) is 0. The van der Waals surface area contributed by atoms with Crippen LogP contribution in [0.4, 0.5) is 0 Å². The fourth-order valence-electron chi connectivity index (χ4n) is 2.00. The molecule has 0 radical (unpaired) electrons. The molecule has 0 aliphatic rings. The summed E-state index contributed by atoms with van der Waals surface area (Å²) in [7, 11) is 2.08. The normalized spacial score (nSPS) is 12.3. The lowest BCUT2D eigenvalue weighted by Crippen LogP contribution is -2.17. The van der Waals surface area contributed by atoms with Gasteiger partial charge in [-0.05, 0) is 17.7 Å². The van der Waals surface area contributed by atoms with Crippen molar-refractivity contribution >= 4 is 23.7 Å². The van der Waals surface area contributed by atoms with E-state index in [-0.39, 0.29) is 5.41 Å². The molecule has 2 nitrogen and oxygen atoms in total. The number of rotatable bonds is 1. The van der Waals surface area contributed by atoms with E-state index in [0.29, 0.717) is 0 Å². The van der Waals surface area contributed by atoms with Crippen molar-refractivity contribution in [2.75, 3.05) is 0 Å². The summed E-state index contributed by atoms with van der Waals surface area (Å²) in [6.45, 7) is 6.56. The van der Waals surface area contributed by atoms with Crippen LogP contribution in [0.5, 0.6) is 0 Å². The molecule has 3 heteroatoms. The summed E-state index contributed by atoms with van der Waals surface area (Å²) in [5.74, 6) is 1.89. The van der Waals surface area contributed by atoms with Gasteiger partial charge in [-0.25, -0.2) is 4.98 Å². The highest BCUT2D eigenvalue weighted by atomic mass is 32.1. The lowest BCUT2D eigenvalue weighted by atomic mass is 9.96. The molecule has 86 valence electrons. The highest BCUT2D eigenvalue weighted by Gasteiger charge is 2.20. The van der Waals surface area contributed by atoms with Crippen molar-refractivity contribution in [2.45, 2.75) is 31.9 Å². The zero-order valence-corrected chi connectivity index (χ0v) is 11.2. The van der Waals surface area contributed by atoms with Crippen LogP contribution >= 0.6 is 12.6 Å². The number of benzene rings is 1. The fourth-order valence-corrected chi connectivity index (χ4v) is 2.20. The number of hydrogen-bond donors (Lipinski definition) is 1. The Morgan fingerprint density at radius 3 is 2.56 bits per heavy atom. The van der Waals surface area contributed by atoms with E-state index in [1.165, 1.54) is 11.1 Å². The summed E-state index contributed by atoms with van der Waals surface area (Å²) in [6.07, 6.45) is 0. The summed E-state index contributed by atoms with van der Waals surface area (Å²) in [4.78, 5) is 4.70. The van der Waals surface area contributed by atoms with Crippen LogP contribution in [0.3, 0.4) is 0 Å². The second kappa shape index (κ2) is 3.81. The van der Waals surface area contributed by atoms with Crippen LogP contribution in [0.1, 0.15) is 32.2 Å². The Morgan fingerprint density at radius 2 is 2.00 bits per heavy atom. The molecule has 0 aliphatic carbocycles. The molecular weight excluding hydrogens is 216 g/mol. The maximum Gasteiger partial charge on any atom is 0.115 e. The van der Waals surface area contributed by atoms with Gasteiger partial charge in [-0.2, -0.15) is 12.6 Å². The summed E-state index contributed by atoms with van der Waals surface area (Å²) in [6, 6.07) is 6.34. The van der Waals surface area contributed by atoms with Crippen molar-refractivity contribution in [2.24, 2.45) is 7.05 Å². The monoisotopic (exact) mass is 234 g/mol. The number of hydrogen-bond acceptors (Lipinski definition) is 2. The quantitative estimate of drug-likeness (QED) is 0.750. The first kappa shape index (κ1) is 11.5. The van der Waals surface area contributed by atoms with E-state index in [0.717, 1.165) is 17.1 Å². The van der Waals surface area contributed by atoms with E-state index < -0.39 is 0 Å². The Labute approximate surface area is 102 Å². The molecule has 0 fully saturated rings. The Bertz CT molecular complexity index is 520. The minimum Gasteiger partial charge on any atom is -0.331 e. The first-order chi connectivity index (χ1) is 7.43. The van der Waals surface area contributed by atoms with Gasteiger partial charge >= 0.3 is 0 Å². The number of imidazole rings is 1. The van der Waals surface area contributed by atoms with Gasteiger partial charge < -0.3 is 4.57 Å². The molecule has 0 spiro atoms. The van der Waals surface area contributed by atoms with Crippen molar-refractivity contribution in [3.05, 3.63) is 29.6 Å². The highest BCUT2D eigenvalue weighted by Crippen LogP contribution is 2.26. The van der Waals surface area contributed by atoms with Gasteiger partial charge in [0.1, 0.15) is 5.82 Å². The van der Waals surface area contributed by atoms with E-state index >= 15 is 0 Å². The Hall–Kier alpha value is -0.960. The SMILES string of the molecule is Cn1c(C(C)(C)C)nc2ccc(CS)cc21. The summed E-state index contributed by atoms with van der Waals surface area (Å²) in [5.41, 5.74) is 3.57. The Kier molecular flexibility index (Phi) is 2.74. The van der Waals surface area contributed by atoms with E-state index in [1.807, 2.05) is 0 Å². The number of nitrogens with zero attached hydrogens (tertiary/aromatic N) is 2. The molecule has 1 aromatic heterocycles. The van der Waals surface area contributed by atoms with Gasteiger partial charge in [-0.1, -0.05) is 26.8 Å². The maximum absolute atomic E-state index is 4.70. The molecule has 0 atom stereocenters. The van der Waals surface area contributed by atoms with Crippen LogP contribution in [0, 0.1) is 0 Å². The molecule has 2 aromatic rings. The predicted molar refractivity (Wildman–Crippen MR) is 72.1 cm³/mol. The van der Waals surface area contributed by atoms with E-state index in [4.69, 9.17) is 4.98 Å². The lowest BCUT2D eigenvalue weighted by molar-refractivity contribution is 0.526. The van der Waals surface area contributed by atoms with E-state index in [9.17, 15) is 0 Å². The molecule has 1 aromatic carbocycles. The van der Waals surface area contributed by atoms with Crippen LogP contribution in [-0.4, -0.2) is 9.55 Å². The molecule has 0 bridgehead atoms. The lowest BCUT2D eigenvalue weighted by Gasteiger charge is -2.17. The molecule has 0 unspecified atom stereocenters. The second-order valence-corrected chi connectivity index (χ2v) is 5.54. The number of thiol groups is 1. The number of fused-ring (bicyclic) bond motifs is 1. The maximum atomic E-state index is 4.70. The van der Waals surface area contributed by atoms with Crippen molar-refractivity contribution in [1.29, 1.82) is 0 Å². The summed E-state index contributed by atoms with van der Waals surface area (Å²) < 4.78 is 2.18. The third-order valence-electron chi connectivity index (χ3n) is 2.80. The average Bonchev–Trinajstić information content (AvgIpc) is 2.55. The molecule has 1 heterocycles. The number of aryl methyl sites for hydroxylation is 1. The molecule has 0 aliphatic heterocycles. The van der Waals surface area contributed by atoms with E-state index in [2.05, 4.69) is 63.2 Å². The standard InChI is InChI=1S/C13H18N2S/c1-13(2,3)12-14-10-6-5-9(8-16)7-11(10)15(12)4/h5-7,16H,8H2,1-4H3. The fraction of sp³-hybridized carbons (Fsp3) is 0.462. The van der Waals surface area contributed by atoms with Crippen LogP contribution in [0.25, 0.3) is 11.0 Å². The van der Waals surface area contributed by atoms with Gasteiger partial charge in [0.15, 0.2) is 0 Å². The number of aromatic nitrogens is 2. The highest BCUT2D eigenvalue weighted by molar-refractivity contribution is 7.79. The van der Waals surface area contributed by atoms with Crippen molar-refractivity contribution in [3.63, 3.8) is 0 Å². The van der Waals surface area contributed by atoms with Gasteiger partial charge in [0.05, 0.1) is 11.0 Å². The minimum absolute atomic E-state index is 0.0783. The van der Waals surface area contributed by atoms with Crippen LogP contribution in [0.2, 0.25) is 0 Å². The van der Waals surface area contributed by atoms with Crippen LogP contribution < -0.4 is 0 Å². The van der Waals surface area contributed by atoms with Crippen molar-refractivity contribution < 1.29 is 0 Å². The van der Waals surface area contributed by atoms with Crippen LogP contribution in [-0.2, 0) is 18.2 Å². The van der Waals surface area contributed by atoms with Gasteiger partial charge in [0.2, 0.25) is 0 Å². The molecule has 0 amide bonds. The molecular formula is C13H18N2S. The van der Waals surface area contributed by atoms with Crippen molar-refractivity contribution in [3.8, 4) is 0 Å². The minimum atomic E-state index is 0.0783. The van der Waals surface area contributed by atoms with Crippen LogP contribution in [0.15, 0.2) is 18.2 Å². The zero-order chi connectivity index (χ0) is 11.9. The average molecular weight is 234 g/mol. The Balaban J connectivity index is 2.69. The third-order valence-corrected chi connectivity index (χ3v) is 3.16. The predicted octanol–water partition coefficient (Wildman–Crippen LogP) is 3.30. The molecule has 0 saturated heterocycles. The van der Waals surface area contributed by atoms with Gasteiger partial charge in [-0.3, -0.25) is 0 Å². The largest absolute Gasteiger partial charge is 0.331 e. The zero-order valence-electron chi connectivity index (χ0n) is 10.3. The molecule has 2 rings (SSSR count). The van der Waals surface area contributed by atoms with Gasteiger partial charge in [0.25, 0.3) is 0 Å². The van der Waals surface area contributed by atoms with E-state index in [1.54, 1.807) is 0 Å². The van der Waals surface area contributed by atoms with Gasteiger partial charge in [-0.15, -0.1) is 0 Å². The summed E-state index contributed by atoms with van der Waals surface area (Å²) >= 11 is 4.30. The topological polar surface area (TPSA) is 17.8 Å². The first-order valence-corrected chi connectivity index (χ1v) is 6.13. The first-order valence-electron chi connectivity index (χ1n) is 5.50. The molecule has 0 N–H and O–H groups in total. The third kappa shape index (κ3) is 1.84. The smallest absolute Gasteiger partial charge is 0.115 e. The Morgan fingerprint density at radius 1 is 1.31 bits per heavy atom. The van der Waals surface area contributed by atoms with Gasteiger partial charge in [0, 0.05) is 18.2 Å². The molecule has 16 heavy (non-hydrogen) atoms. The second-order valence-electron chi connectivity index (χ2n) is 5.23. The molecule has 0 saturated carbocycles. The van der Waals surface area contributed by atoms with Crippen molar-refractivity contribution in [1.82, 2.24) is 9.55 Å².